The van der Waals surface area contributed by atoms with E-state index in [1.165, 1.54) is 4.88 Å². The lowest BCUT2D eigenvalue weighted by molar-refractivity contribution is 0.836. The molecule has 0 bridgehead atoms. The molecule has 0 fully saturated rings. The van der Waals surface area contributed by atoms with Crippen molar-refractivity contribution in [2.24, 2.45) is 0 Å². The Morgan fingerprint density at radius 3 is 2.80 bits per heavy atom. The molecule has 0 aliphatic rings. The van der Waals surface area contributed by atoms with Crippen LogP contribution in [-0.4, -0.2) is 18.6 Å². The molecule has 2 aromatic rings. The molecule has 0 amide bonds. The van der Waals surface area contributed by atoms with E-state index < -0.39 is 0 Å². The van der Waals surface area contributed by atoms with E-state index in [2.05, 4.69) is 48.5 Å². The summed E-state index contributed by atoms with van der Waals surface area (Å²) in [6.07, 6.45) is 3.18. The summed E-state index contributed by atoms with van der Waals surface area (Å²) in [6, 6.07) is 8.50. The maximum Gasteiger partial charge on any atom is 0.128 e. The Labute approximate surface area is 130 Å². The zero-order chi connectivity index (χ0) is 14.4. The second-order valence-electron chi connectivity index (χ2n) is 4.96. The average Bonchev–Trinajstić information content (AvgIpc) is 2.98. The summed E-state index contributed by atoms with van der Waals surface area (Å²) in [5.74, 6) is 1.58. The van der Waals surface area contributed by atoms with Crippen LogP contribution in [-0.2, 0) is 18.7 Å². The van der Waals surface area contributed by atoms with Gasteiger partial charge in [0.15, 0.2) is 0 Å². The summed E-state index contributed by atoms with van der Waals surface area (Å²) in [6.45, 7) is 3.15. The molecule has 2 nitrogen and oxygen atoms in total. The fourth-order valence-electron chi connectivity index (χ4n) is 2.14. The number of anilines is 1. The summed E-state index contributed by atoms with van der Waals surface area (Å²) in [4.78, 5) is 8.37. The number of thiophene rings is 1. The van der Waals surface area contributed by atoms with Crippen molar-refractivity contribution in [2.75, 3.05) is 18.5 Å². The molecule has 0 radical (unpaired) electrons. The summed E-state index contributed by atoms with van der Waals surface area (Å²) in [7, 11) is 2.10. The van der Waals surface area contributed by atoms with E-state index in [0.29, 0.717) is 5.88 Å². The number of halogens is 1. The number of alkyl halides is 1. The number of hydrogen-bond donors (Lipinski definition) is 0. The van der Waals surface area contributed by atoms with Crippen LogP contribution in [0.5, 0.6) is 0 Å². The van der Waals surface area contributed by atoms with Crippen LogP contribution in [0, 0.1) is 0 Å². The highest BCUT2D eigenvalue weighted by atomic mass is 35.5. The van der Waals surface area contributed by atoms with E-state index in [1.54, 1.807) is 0 Å². The monoisotopic (exact) mass is 308 g/mol. The molecular formula is C16H21ClN2S. The topological polar surface area (TPSA) is 16.1 Å². The van der Waals surface area contributed by atoms with Crippen LogP contribution in [0.15, 0.2) is 29.6 Å². The van der Waals surface area contributed by atoms with Gasteiger partial charge in [-0.25, -0.2) is 4.98 Å². The normalized spacial score (nSPS) is 10.8. The van der Waals surface area contributed by atoms with E-state index in [1.807, 2.05) is 11.3 Å². The van der Waals surface area contributed by atoms with E-state index in [0.717, 1.165) is 42.9 Å². The highest BCUT2D eigenvalue weighted by molar-refractivity contribution is 7.09. The molecular weight excluding hydrogens is 288 g/mol. The third kappa shape index (κ3) is 4.22. The van der Waals surface area contributed by atoms with Crippen LogP contribution in [0.2, 0.25) is 0 Å². The molecule has 4 heteroatoms. The molecule has 0 saturated carbocycles. The summed E-state index contributed by atoms with van der Waals surface area (Å²) >= 11 is 7.80. The maximum absolute atomic E-state index is 5.99. The SMILES string of the molecule is CCCc1cc(CCl)cc(N(C)CCc2cccs2)n1. The first-order chi connectivity index (χ1) is 9.72. The average molecular weight is 309 g/mol. The molecule has 0 aliphatic heterocycles. The molecule has 2 rings (SSSR count). The van der Waals surface area contributed by atoms with Crippen LogP contribution in [0.4, 0.5) is 5.82 Å². The van der Waals surface area contributed by atoms with Gasteiger partial charge in [0, 0.05) is 30.0 Å². The van der Waals surface area contributed by atoms with Gasteiger partial charge in [0.1, 0.15) is 5.82 Å². The number of rotatable bonds is 7. The largest absolute Gasteiger partial charge is 0.359 e. The highest BCUT2D eigenvalue weighted by Crippen LogP contribution is 2.18. The molecule has 2 heterocycles. The third-order valence-electron chi connectivity index (χ3n) is 3.25. The zero-order valence-corrected chi connectivity index (χ0v) is 13.7. The molecule has 0 N–H and O–H groups in total. The van der Waals surface area contributed by atoms with Crippen LogP contribution < -0.4 is 4.90 Å². The van der Waals surface area contributed by atoms with Crippen molar-refractivity contribution >= 4 is 28.8 Å². The second kappa shape index (κ2) is 7.65. The second-order valence-corrected chi connectivity index (χ2v) is 6.26. The van der Waals surface area contributed by atoms with E-state index in [4.69, 9.17) is 16.6 Å². The van der Waals surface area contributed by atoms with Crippen molar-refractivity contribution in [3.63, 3.8) is 0 Å². The van der Waals surface area contributed by atoms with Gasteiger partial charge in [0.05, 0.1) is 0 Å². The Balaban J connectivity index is 2.07. The molecule has 0 atom stereocenters. The minimum absolute atomic E-state index is 0.547. The standard InChI is InChI=1S/C16H21ClN2S/c1-3-5-14-10-13(12-17)11-16(18-14)19(2)8-7-15-6-4-9-20-15/h4,6,9-11H,3,5,7-8,12H2,1-2H3. The fourth-order valence-corrected chi connectivity index (χ4v) is 2.99. The molecule has 108 valence electrons. The van der Waals surface area contributed by atoms with Crippen molar-refractivity contribution in [1.29, 1.82) is 0 Å². The molecule has 0 aliphatic carbocycles. The van der Waals surface area contributed by atoms with E-state index >= 15 is 0 Å². The van der Waals surface area contributed by atoms with E-state index in [9.17, 15) is 0 Å². The van der Waals surface area contributed by atoms with Gasteiger partial charge in [-0.15, -0.1) is 22.9 Å². The number of nitrogens with zero attached hydrogens (tertiary/aromatic N) is 2. The number of hydrogen-bond acceptors (Lipinski definition) is 3. The molecule has 0 spiro atoms. The molecule has 2 aromatic heterocycles. The predicted molar refractivity (Wildman–Crippen MR) is 89.1 cm³/mol. The van der Waals surface area contributed by atoms with Gasteiger partial charge in [-0.3, -0.25) is 0 Å². The quantitative estimate of drug-likeness (QED) is 0.699. The summed E-state index contributed by atoms with van der Waals surface area (Å²) < 4.78 is 0. The molecule has 20 heavy (non-hydrogen) atoms. The Hall–Kier alpha value is -1.06. The maximum atomic E-state index is 5.99. The predicted octanol–water partition coefficient (Wildman–Crippen LogP) is 4.51. The van der Waals surface area contributed by atoms with Crippen molar-refractivity contribution < 1.29 is 0 Å². The van der Waals surface area contributed by atoms with Gasteiger partial charge < -0.3 is 4.90 Å². The van der Waals surface area contributed by atoms with Crippen molar-refractivity contribution in [3.8, 4) is 0 Å². The van der Waals surface area contributed by atoms with Crippen LogP contribution in [0.1, 0.15) is 29.5 Å². The first-order valence-corrected chi connectivity index (χ1v) is 8.43. The zero-order valence-electron chi connectivity index (χ0n) is 12.1. The first-order valence-electron chi connectivity index (χ1n) is 7.02. The smallest absolute Gasteiger partial charge is 0.128 e. The fraction of sp³-hybridized carbons (Fsp3) is 0.438. The van der Waals surface area contributed by atoms with Crippen molar-refractivity contribution in [2.45, 2.75) is 32.1 Å². The lowest BCUT2D eigenvalue weighted by Gasteiger charge is -2.19. The third-order valence-corrected chi connectivity index (χ3v) is 4.49. The van der Waals surface area contributed by atoms with E-state index in [-0.39, 0.29) is 0 Å². The minimum atomic E-state index is 0.547. The lowest BCUT2D eigenvalue weighted by Crippen LogP contribution is -2.21. The van der Waals surface area contributed by atoms with Crippen LogP contribution in [0.3, 0.4) is 0 Å². The highest BCUT2D eigenvalue weighted by Gasteiger charge is 2.07. The lowest BCUT2D eigenvalue weighted by atomic mass is 10.1. The van der Waals surface area contributed by atoms with Gasteiger partial charge in [0.2, 0.25) is 0 Å². The van der Waals surface area contributed by atoms with Gasteiger partial charge in [-0.05, 0) is 42.0 Å². The van der Waals surface area contributed by atoms with Gasteiger partial charge in [-0.2, -0.15) is 0 Å². The van der Waals surface area contributed by atoms with Gasteiger partial charge in [-0.1, -0.05) is 19.4 Å². The number of aromatic nitrogens is 1. The van der Waals surface area contributed by atoms with Gasteiger partial charge >= 0.3 is 0 Å². The number of pyridine rings is 1. The number of likely N-dealkylation sites (N-methyl/N-ethyl adjacent to an activating group) is 1. The molecule has 0 unspecified atom stereocenters. The summed E-state index contributed by atoms with van der Waals surface area (Å²) in [5.41, 5.74) is 2.30. The number of aryl methyl sites for hydroxylation is 1. The Kier molecular flexibility index (Phi) is 5.86. The van der Waals surface area contributed by atoms with Crippen molar-refractivity contribution in [3.05, 3.63) is 45.8 Å². The Morgan fingerprint density at radius 1 is 1.30 bits per heavy atom. The van der Waals surface area contributed by atoms with Crippen LogP contribution >= 0.6 is 22.9 Å². The minimum Gasteiger partial charge on any atom is -0.359 e. The molecule has 0 aromatic carbocycles. The first kappa shape index (κ1) is 15.3. The Bertz CT molecular complexity index is 525. The van der Waals surface area contributed by atoms with Crippen LogP contribution in [0.25, 0.3) is 0 Å². The van der Waals surface area contributed by atoms with Crippen molar-refractivity contribution in [1.82, 2.24) is 4.98 Å². The van der Waals surface area contributed by atoms with Gasteiger partial charge in [0.25, 0.3) is 0 Å². The molecule has 0 saturated heterocycles. The Morgan fingerprint density at radius 2 is 2.15 bits per heavy atom. The summed E-state index contributed by atoms with van der Waals surface area (Å²) in [5, 5.41) is 2.13.